The minimum atomic E-state index is -4.53. The van der Waals surface area contributed by atoms with Crippen LogP contribution in [-0.4, -0.2) is 19.5 Å². The number of fused-ring (bicyclic) bond motifs is 3. The zero-order valence-corrected chi connectivity index (χ0v) is 29.0. The van der Waals surface area contributed by atoms with E-state index in [1.54, 1.807) is 12.1 Å². The summed E-state index contributed by atoms with van der Waals surface area (Å²) in [5, 5.41) is 11.6. The first-order valence-corrected chi connectivity index (χ1v) is 17.6. The number of para-hydroxylation sites is 1. The second kappa shape index (κ2) is 13.6. The van der Waals surface area contributed by atoms with E-state index in [-0.39, 0.29) is 0 Å². The van der Waals surface area contributed by atoms with Crippen LogP contribution in [0.5, 0.6) is 0 Å². The lowest BCUT2D eigenvalue weighted by Gasteiger charge is -2.17. The Balaban J connectivity index is 1.34. The van der Waals surface area contributed by atoms with E-state index < -0.39 is 11.7 Å². The van der Waals surface area contributed by atoms with Gasteiger partial charge in [-0.2, -0.15) is 18.4 Å². The molecule has 262 valence electrons. The molecule has 5 nitrogen and oxygen atoms in total. The summed E-state index contributed by atoms with van der Waals surface area (Å²) in [5.74, 6) is 1.41. The summed E-state index contributed by atoms with van der Waals surface area (Å²) in [6, 6.07) is 54.2. The van der Waals surface area contributed by atoms with E-state index in [1.165, 1.54) is 12.1 Å². The molecule has 2 heterocycles. The SMILES string of the molecule is N#Cc1cccc(-c2ccc3c4ccccc4n(-c4cc(-c5nc(-c6ccccc6)nc(-c6ccccc6)n5)ccc4-c4cccc(C(F)(F)F)c4)c3c2)c1. The molecule has 0 aliphatic heterocycles. The fraction of sp³-hybridized carbons (Fsp3) is 0.0213. The zero-order chi connectivity index (χ0) is 37.5. The average molecular weight is 720 g/mol. The van der Waals surface area contributed by atoms with E-state index in [2.05, 4.69) is 22.8 Å². The predicted octanol–water partition coefficient (Wildman–Crippen LogP) is 12.2. The molecule has 9 aromatic rings. The molecular weight excluding hydrogens is 692 g/mol. The van der Waals surface area contributed by atoms with Crippen LogP contribution in [0.3, 0.4) is 0 Å². The lowest BCUT2D eigenvalue weighted by atomic mass is 9.98. The van der Waals surface area contributed by atoms with Crippen LogP contribution in [0, 0.1) is 11.3 Å². The Bertz CT molecular complexity index is 2870. The standard InChI is InChI=1S/C47H28F3N5/c48-47(49,50)37-18-10-17-35(26-37)38-23-22-36(46-53-44(31-12-3-1-4-13-31)52-45(54-46)32-14-5-2-6-15-32)28-42(38)55-41-20-8-7-19-39(41)40-24-21-34(27-43(40)55)33-16-9-11-30(25-33)29-51/h1-28H. The maximum Gasteiger partial charge on any atom is 0.416 e. The molecule has 0 aliphatic carbocycles. The van der Waals surface area contributed by atoms with Gasteiger partial charge in [-0.25, -0.2) is 15.0 Å². The van der Waals surface area contributed by atoms with Gasteiger partial charge in [-0.05, 0) is 59.2 Å². The van der Waals surface area contributed by atoms with Crippen molar-refractivity contribution in [2.24, 2.45) is 0 Å². The highest BCUT2D eigenvalue weighted by molar-refractivity contribution is 6.11. The molecule has 9 rings (SSSR count). The van der Waals surface area contributed by atoms with E-state index in [0.717, 1.165) is 50.1 Å². The van der Waals surface area contributed by atoms with Crippen molar-refractivity contribution < 1.29 is 13.2 Å². The van der Waals surface area contributed by atoms with E-state index in [9.17, 15) is 18.4 Å². The largest absolute Gasteiger partial charge is 0.416 e. The van der Waals surface area contributed by atoms with Crippen LogP contribution >= 0.6 is 0 Å². The summed E-state index contributed by atoms with van der Waals surface area (Å²) in [6.45, 7) is 0. The van der Waals surface area contributed by atoms with Crippen LogP contribution in [0.1, 0.15) is 11.1 Å². The molecule has 0 bridgehead atoms. The zero-order valence-electron chi connectivity index (χ0n) is 29.0. The lowest BCUT2D eigenvalue weighted by molar-refractivity contribution is -0.137. The van der Waals surface area contributed by atoms with Gasteiger partial charge in [-0.1, -0.05) is 127 Å². The molecule has 0 unspecified atom stereocenters. The smallest absolute Gasteiger partial charge is 0.309 e. The van der Waals surface area contributed by atoms with Gasteiger partial charge < -0.3 is 4.57 Å². The molecule has 0 spiro atoms. The second-order valence-electron chi connectivity index (χ2n) is 13.1. The van der Waals surface area contributed by atoms with Crippen molar-refractivity contribution in [3.05, 3.63) is 181 Å². The van der Waals surface area contributed by atoms with Crippen molar-refractivity contribution >= 4 is 21.8 Å². The van der Waals surface area contributed by atoms with Gasteiger partial charge in [0.2, 0.25) is 0 Å². The molecule has 0 aliphatic rings. The molecule has 2 aromatic heterocycles. The van der Waals surface area contributed by atoms with Crippen molar-refractivity contribution in [3.63, 3.8) is 0 Å². The Labute approximate surface area is 314 Å². The maximum atomic E-state index is 14.1. The average Bonchev–Trinajstić information content (AvgIpc) is 3.57. The van der Waals surface area contributed by atoms with E-state index in [1.807, 2.05) is 127 Å². The normalized spacial score (nSPS) is 11.5. The second-order valence-corrected chi connectivity index (χ2v) is 13.1. The molecule has 0 saturated carbocycles. The maximum absolute atomic E-state index is 14.1. The Morgan fingerprint density at radius 1 is 0.455 bits per heavy atom. The summed E-state index contributed by atoms with van der Waals surface area (Å²) in [6.07, 6.45) is -4.53. The van der Waals surface area contributed by atoms with Crippen LogP contribution in [0.15, 0.2) is 170 Å². The number of aromatic nitrogens is 4. The Hall–Kier alpha value is -7.37. The Kier molecular flexibility index (Phi) is 8.25. The molecule has 0 radical (unpaired) electrons. The van der Waals surface area contributed by atoms with Gasteiger partial charge in [0.15, 0.2) is 17.5 Å². The van der Waals surface area contributed by atoms with Crippen molar-refractivity contribution in [2.45, 2.75) is 6.18 Å². The number of nitrogens with zero attached hydrogens (tertiary/aromatic N) is 5. The number of nitriles is 1. The van der Waals surface area contributed by atoms with Crippen LogP contribution in [0.25, 0.3) is 83.9 Å². The van der Waals surface area contributed by atoms with Gasteiger partial charge in [0.05, 0.1) is 33.9 Å². The summed E-state index contributed by atoms with van der Waals surface area (Å²) in [4.78, 5) is 14.8. The highest BCUT2D eigenvalue weighted by Gasteiger charge is 2.31. The number of hydrogen-bond acceptors (Lipinski definition) is 4. The van der Waals surface area contributed by atoms with Crippen LogP contribution in [0.4, 0.5) is 13.2 Å². The van der Waals surface area contributed by atoms with E-state index >= 15 is 0 Å². The first-order chi connectivity index (χ1) is 26.8. The molecule has 0 amide bonds. The quantitative estimate of drug-likeness (QED) is 0.172. The van der Waals surface area contributed by atoms with Gasteiger partial charge in [0.25, 0.3) is 0 Å². The third-order valence-corrected chi connectivity index (χ3v) is 9.70. The number of rotatable bonds is 6. The Morgan fingerprint density at radius 2 is 1.02 bits per heavy atom. The molecule has 8 heteroatoms. The number of alkyl halides is 3. The molecular formula is C47H28F3N5. The molecule has 0 N–H and O–H groups in total. The lowest BCUT2D eigenvalue weighted by Crippen LogP contribution is -2.05. The van der Waals surface area contributed by atoms with E-state index in [4.69, 9.17) is 15.0 Å². The van der Waals surface area contributed by atoms with Gasteiger partial charge in [-0.15, -0.1) is 0 Å². The fourth-order valence-corrected chi connectivity index (χ4v) is 7.08. The summed E-state index contributed by atoms with van der Waals surface area (Å²) in [7, 11) is 0. The van der Waals surface area contributed by atoms with Crippen LogP contribution in [0.2, 0.25) is 0 Å². The molecule has 7 aromatic carbocycles. The first-order valence-electron chi connectivity index (χ1n) is 17.6. The van der Waals surface area contributed by atoms with Crippen molar-refractivity contribution in [1.82, 2.24) is 19.5 Å². The van der Waals surface area contributed by atoms with Crippen molar-refractivity contribution in [2.75, 3.05) is 0 Å². The van der Waals surface area contributed by atoms with Gasteiger partial charge in [0.1, 0.15) is 0 Å². The Morgan fingerprint density at radius 3 is 1.71 bits per heavy atom. The minimum absolute atomic E-state index is 0.408. The monoisotopic (exact) mass is 719 g/mol. The minimum Gasteiger partial charge on any atom is -0.309 e. The molecule has 0 saturated heterocycles. The summed E-state index contributed by atoms with van der Waals surface area (Å²) in [5.41, 5.74) is 7.23. The summed E-state index contributed by atoms with van der Waals surface area (Å²) >= 11 is 0. The van der Waals surface area contributed by atoms with Crippen molar-refractivity contribution in [1.29, 1.82) is 5.26 Å². The number of benzene rings is 7. The highest BCUT2D eigenvalue weighted by Crippen LogP contribution is 2.41. The third-order valence-electron chi connectivity index (χ3n) is 9.70. The predicted molar refractivity (Wildman–Crippen MR) is 211 cm³/mol. The fourth-order valence-electron chi connectivity index (χ4n) is 7.08. The molecule has 0 fully saturated rings. The topological polar surface area (TPSA) is 67.4 Å². The van der Waals surface area contributed by atoms with Gasteiger partial charge in [0, 0.05) is 33.0 Å². The number of halogens is 3. The number of hydrogen-bond donors (Lipinski definition) is 0. The summed E-state index contributed by atoms with van der Waals surface area (Å²) < 4.78 is 44.5. The highest BCUT2D eigenvalue weighted by atomic mass is 19.4. The third kappa shape index (κ3) is 6.28. The van der Waals surface area contributed by atoms with Crippen LogP contribution < -0.4 is 0 Å². The van der Waals surface area contributed by atoms with Crippen LogP contribution in [-0.2, 0) is 6.18 Å². The van der Waals surface area contributed by atoms with Gasteiger partial charge in [-0.3, -0.25) is 0 Å². The molecule has 55 heavy (non-hydrogen) atoms. The van der Waals surface area contributed by atoms with Gasteiger partial charge >= 0.3 is 6.18 Å². The first kappa shape index (κ1) is 33.5. The molecule has 0 atom stereocenters. The van der Waals surface area contributed by atoms with E-state index in [0.29, 0.717) is 45.4 Å². The van der Waals surface area contributed by atoms with Crippen molar-refractivity contribution in [3.8, 4) is 68.2 Å².